The molecule has 0 aliphatic heterocycles. The Bertz CT molecular complexity index is 1280. The molecule has 0 amide bonds. The maximum Gasteiger partial charge on any atom is 0.306 e. The van der Waals surface area contributed by atoms with Crippen molar-refractivity contribution in [2.45, 2.75) is 322 Å². The molecule has 0 rings (SSSR count). The van der Waals surface area contributed by atoms with Gasteiger partial charge in [0.1, 0.15) is 13.2 Å². The van der Waals surface area contributed by atoms with Crippen LogP contribution in [-0.2, 0) is 28.6 Å². The summed E-state index contributed by atoms with van der Waals surface area (Å²) in [5.74, 6) is -0.916. The van der Waals surface area contributed by atoms with E-state index in [4.69, 9.17) is 14.2 Å². The van der Waals surface area contributed by atoms with Gasteiger partial charge in [-0.25, -0.2) is 0 Å². The molecule has 71 heavy (non-hydrogen) atoms. The fraction of sp³-hybridized carbons (Fsp3) is 0.800. The van der Waals surface area contributed by atoms with Crippen LogP contribution in [-0.4, -0.2) is 37.2 Å². The van der Waals surface area contributed by atoms with E-state index in [0.29, 0.717) is 19.3 Å². The molecule has 0 bridgehead atoms. The molecule has 0 aromatic heterocycles. The highest BCUT2D eigenvalue weighted by molar-refractivity contribution is 5.71. The molecule has 6 heteroatoms. The van der Waals surface area contributed by atoms with Gasteiger partial charge in [0, 0.05) is 19.3 Å². The molecule has 0 N–H and O–H groups in total. The molecule has 1 atom stereocenters. The molecule has 0 aliphatic carbocycles. The van der Waals surface area contributed by atoms with Crippen LogP contribution in [0.15, 0.2) is 60.8 Å². The van der Waals surface area contributed by atoms with E-state index >= 15 is 0 Å². The van der Waals surface area contributed by atoms with Gasteiger partial charge in [-0.05, 0) is 83.5 Å². The summed E-state index contributed by atoms with van der Waals surface area (Å²) in [6, 6.07) is 0. The number of rotatable bonds is 56. The van der Waals surface area contributed by atoms with E-state index in [1.165, 1.54) is 193 Å². The Morgan fingerprint density at radius 2 is 0.549 bits per heavy atom. The van der Waals surface area contributed by atoms with Crippen LogP contribution in [0.1, 0.15) is 316 Å². The fourth-order valence-electron chi connectivity index (χ4n) is 8.90. The van der Waals surface area contributed by atoms with E-state index < -0.39 is 6.10 Å². The van der Waals surface area contributed by atoms with E-state index in [0.717, 1.165) is 77.0 Å². The van der Waals surface area contributed by atoms with E-state index in [9.17, 15) is 14.4 Å². The monoisotopic (exact) mass is 993 g/mol. The molecular formula is C65H116O6. The zero-order valence-electron chi connectivity index (χ0n) is 47.2. The molecule has 0 aliphatic rings. The van der Waals surface area contributed by atoms with Crippen molar-refractivity contribution in [2.24, 2.45) is 0 Å². The van der Waals surface area contributed by atoms with Gasteiger partial charge in [0.25, 0.3) is 0 Å². The molecule has 0 fully saturated rings. The molecule has 0 saturated carbocycles. The first kappa shape index (κ1) is 68.1. The summed E-state index contributed by atoms with van der Waals surface area (Å²) in [7, 11) is 0. The predicted octanol–water partition coefficient (Wildman–Crippen LogP) is 20.8. The van der Waals surface area contributed by atoms with Crippen molar-refractivity contribution in [1.82, 2.24) is 0 Å². The van der Waals surface area contributed by atoms with E-state index in [1.54, 1.807) is 0 Å². The maximum absolute atomic E-state index is 12.9. The zero-order valence-corrected chi connectivity index (χ0v) is 47.2. The Kier molecular flexibility index (Phi) is 57.2. The normalized spacial score (nSPS) is 12.4. The lowest BCUT2D eigenvalue weighted by atomic mass is 10.0. The first-order valence-electron chi connectivity index (χ1n) is 30.8. The maximum atomic E-state index is 12.9. The third-order valence-electron chi connectivity index (χ3n) is 13.5. The van der Waals surface area contributed by atoms with Crippen LogP contribution in [0.3, 0.4) is 0 Å². The van der Waals surface area contributed by atoms with Crippen LogP contribution in [0, 0.1) is 0 Å². The lowest BCUT2D eigenvalue weighted by molar-refractivity contribution is -0.167. The number of hydrogen-bond acceptors (Lipinski definition) is 6. The largest absolute Gasteiger partial charge is 0.462 e. The van der Waals surface area contributed by atoms with Crippen molar-refractivity contribution < 1.29 is 28.6 Å². The van der Waals surface area contributed by atoms with Gasteiger partial charge in [-0.2, -0.15) is 0 Å². The standard InChI is InChI=1S/C65H116O6/c1-4-7-10-13-16-19-22-25-28-30-32-34-37-39-42-45-48-51-54-57-63(66)69-60-62(71-65(68)59-56-53-50-47-44-41-36-27-24-21-18-15-12-9-6-3)61-70-64(67)58-55-52-49-46-43-40-38-35-33-31-29-26-23-20-17-14-11-8-5-2/h9,12,18,21,25,27-28,36,44,47,62H,4-8,10-11,13-17,19-20,22-24,26,29-35,37-43,45-46,48-61H2,1-3H3/b12-9-,21-18-,28-25-,36-27-,47-44-/t62-/m1/s1. The molecule has 0 saturated heterocycles. The van der Waals surface area contributed by atoms with E-state index in [-0.39, 0.29) is 37.5 Å². The summed E-state index contributed by atoms with van der Waals surface area (Å²) < 4.78 is 16.9. The lowest BCUT2D eigenvalue weighted by Crippen LogP contribution is -2.30. The number of carbonyl (C=O) groups is 3. The number of ether oxygens (including phenoxy) is 3. The average molecular weight is 994 g/mol. The third kappa shape index (κ3) is 57.9. The highest BCUT2D eigenvalue weighted by atomic mass is 16.6. The van der Waals surface area contributed by atoms with Crippen LogP contribution in [0.5, 0.6) is 0 Å². The topological polar surface area (TPSA) is 78.9 Å². The van der Waals surface area contributed by atoms with Crippen LogP contribution < -0.4 is 0 Å². The van der Waals surface area contributed by atoms with Gasteiger partial charge < -0.3 is 14.2 Å². The highest BCUT2D eigenvalue weighted by Gasteiger charge is 2.19. The number of unbranched alkanes of at least 4 members (excludes halogenated alkanes) is 35. The Balaban J connectivity index is 4.37. The second kappa shape index (κ2) is 59.7. The molecule has 0 aromatic carbocycles. The Morgan fingerprint density at radius 1 is 0.296 bits per heavy atom. The van der Waals surface area contributed by atoms with Crippen molar-refractivity contribution in [3.8, 4) is 0 Å². The number of esters is 3. The van der Waals surface area contributed by atoms with Crippen LogP contribution in [0.4, 0.5) is 0 Å². The van der Waals surface area contributed by atoms with Crippen molar-refractivity contribution in [1.29, 1.82) is 0 Å². The van der Waals surface area contributed by atoms with Crippen LogP contribution in [0.25, 0.3) is 0 Å². The molecule has 0 heterocycles. The SMILES string of the molecule is CC/C=C\C/C=C\C/C=C\C/C=C\CCCCC(=O)O[C@H](COC(=O)CCCCCCCCCCC/C=C\CCCCCCCC)COC(=O)CCCCCCCCCCCCCCCCCCCCC. The number of carbonyl (C=O) groups excluding carboxylic acids is 3. The second-order valence-electron chi connectivity index (χ2n) is 20.6. The first-order valence-corrected chi connectivity index (χ1v) is 30.8. The highest BCUT2D eigenvalue weighted by Crippen LogP contribution is 2.17. The third-order valence-corrected chi connectivity index (χ3v) is 13.5. The van der Waals surface area contributed by atoms with Gasteiger partial charge in [0.15, 0.2) is 6.10 Å². The zero-order chi connectivity index (χ0) is 51.4. The minimum Gasteiger partial charge on any atom is -0.462 e. The van der Waals surface area contributed by atoms with Gasteiger partial charge in [-0.1, -0.05) is 274 Å². The molecule has 0 unspecified atom stereocenters. The fourth-order valence-corrected chi connectivity index (χ4v) is 8.90. The second-order valence-corrected chi connectivity index (χ2v) is 20.6. The number of hydrogen-bond donors (Lipinski definition) is 0. The Morgan fingerprint density at radius 3 is 0.901 bits per heavy atom. The van der Waals surface area contributed by atoms with Crippen molar-refractivity contribution in [3.63, 3.8) is 0 Å². The molecule has 412 valence electrons. The van der Waals surface area contributed by atoms with Crippen molar-refractivity contribution in [2.75, 3.05) is 13.2 Å². The van der Waals surface area contributed by atoms with Crippen molar-refractivity contribution in [3.05, 3.63) is 60.8 Å². The van der Waals surface area contributed by atoms with Gasteiger partial charge in [0.2, 0.25) is 0 Å². The van der Waals surface area contributed by atoms with Gasteiger partial charge in [-0.15, -0.1) is 0 Å². The van der Waals surface area contributed by atoms with Crippen molar-refractivity contribution >= 4 is 17.9 Å². The van der Waals surface area contributed by atoms with Crippen LogP contribution in [0.2, 0.25) is 0 Å². The summed E-state index contributed by atoms with van der Waals surface area (Å²) in [5, 5.41) is 0. The summed E-state index contributed by atoms with van der Waals surface area (Å²) in [6.45, 7) is 6.53. The molecule has 0 radical (unpaired) electrons. The van der Waals surface area contributed by atoms with Gasteiger partial charge in [-0.3, -0.25) is 14.4 Å². The smallest absolute Gasteiger partial charge is 0.306 e. The Hall–Kier alpha value is -2.89. The minimum atomic E-state index is -0.795. The molecular weight excluding hydrogens is 877 g/mol. The van der Waals surface area contributed by atoms with Gasteiger partial charge >= 0.3 is 17.9 Å². The van der Waals surface area contributed by atoms with E-state index in [1.807, 2.05) is 0 Å². The summed E-state index contributed by atoms with van der Waals surface area (Å²) in [4.78, 5) is 38.2. The lowest BCUT2D eigenvalue weighted by Gasteiger charge is -2.18. The number of allylic oxidation sites excluding steroid dienone is 10. The van der Waals surface area contributed by atoms with Gasteiger partial charge in [0.05, 0.1) is 0 Å². The summed E-state index contributed by atoms with van der Waals surface area (Å²) >= 11 is 0. The molecule has 6 nitrogen and oxygen atoms in total. The average Bonchev–Trinajstić information content (AvgIpc) is 3.37. The minimum absolute atomic E-state index is 0.0884. The molecule has 0 spiro atoms. The quantitative estimate of drug-likeness (QED) is 0.0261. The summed E-state index contributed by atoms with van der Waals surface area (Å²) in [6.07, 6.45) is 75.1. The van der Waals surface area contributed by atoms with E-state index in [2.05, 4.69) is 81.5 Å². The summed E-state index contributed by atoms with van der Waals surface area (Å²) in [5.41, 5.74) is 0. The first-order chi connectivity index (χ1) is 35.0. The van der Waals surface area contributed by atoms with Crippen LogP contribution >= 0.6 is 0 Å². The Labute approximate surface area is 440 Å². The molecule has 0 aromatic rings. The predicted molar refractivity (Wildman–Crippen MR) is 307 cm³/mol.